The number of aromatic nitrogens is 2. The highest BCUT2D eigenvalue weighted by molar-refractivity contribution is 7.91. The molecule has 2 heterocycles. The van der Waals surface area contributed by atoms with Crippen LogP contribution in [0.1, 0.15) is 46.1 Å². The lowest BCUT2D eigenvalue weighted by Crippen LogP contribution is -2.37. The Morgan fingerprint density at radius 2 is 2.22 bits per heavy atom. The molecule has 0 bridgehead atoms. The van der Waals surface area contributed by atoms with E-state index in [-0.39, 0.29) is 29.6 Å². The fraction of sp³-hybridized carbons (Fsp3) is 0.733. The first kappa shape index (κ1) is 17.8. The third-order valence-electron chi connectivity index (χ3n) is 4.30. The summed E-state index contributed by atoms with van der Waals surface area (Å²) in [4.78, 5) is 12.1. The van der Waals surface area contributed by atoms with Crippen LogP contribution in [0.4, 0.5) is 10.6 Å². The van der Waals surface area contributed by atoms with E-state index in [1.165, 1.54) is 0 Å². The molecule has 0 radical (unpaired) electrons. The molecule has 1 aromatic rings. The van der Waals surface area contributed by atoms with Crippen molar-refractivity contribution < 1.29 is 13.2 Å². The molecule has 0 aromatic carbocycles. The molecule has 1 aromatic heterocycles. The van der Waals surface area contributed by atoms with Crippen molar-refractivity contribution in [2.75, 3.05) is 16.8 Å². The Kier molecular flexibility index (Phi) is 5.67. The first-order valence-corrected chi connectivity index (χ1v) is 9.94. The average Bonchev–Trinajstić information content (AvgIpc) is 3.04. The lowest BCUT2D eigenvalue weighted by atomic mass is 10.0. The van der Waals surface area contributed by atoms with E-state index in [9.17, 15) is 13.2 Å². The van der Waals surface area contributed by atoms with Crippen LogP contribution in [0.5, 0.6) is 0 Å². The molecule has 0 spiro atoms. The van der Waals surface area contributed by atoms with Crippen LogP contribution in [0.15, 0.2) is 12.3 Å². The number of hydrogen-bond acceptors (Lipinski definition) is 4. The number of sulfone groups is 1. The highest BCUT2D eigenvalue weighted by Gasteiger charge is 2.31. The van der Waals surface area contributed by atoms with Crippen molar-refractivity contribution in [3.8, 4) is 0 Å². The first-order valence-electron chi connectivity index (χ1n) is 8.12. The summed E-state index contributed by atoms with van der Waals surface area (Å²) in [6.07, 6.45) is 4.11. The maximum Gasteiger partial charge on any atom is 0.320 e. The lowest BCUT2D eigenvalue weighted by molar-refractivity contribution is 0.247. The van der Waals surface area contributed by atoms with Crippen LogP contribution >= 0.6 is 0 Å². The average molecular weight is 342 g/mol. The van der Waals surface area contributed by atoms with Gasteiger partial charge in [0.25, 0.3) is 0 Å². The standard InChI is InChI=1S/C15H26N4O3S/c1-4-11(2)9-12(3)17-15(20)18-14-5-7-16-19(14)13-6-8-23(21,22)10-13/h5,7,11-13H,4,6,8-10H2,1-3H3,(H2,17,18,20)/t11-,12-,13+/m0/s1. The van der Waals surface area contributed by atoms with E-state index in [1.54, 1.807) is 16.9 Å². The fourth-order valence-corrected chi connectivity index (χ4v) is 4.57. The Balaban J connectivity index is 1.94. The molecule has 2 N–H and O–H groups in total. The zero-order valence-corrected chi connectivity index (χ0v) is 14.8. The van der Waals surface area contributed by atoms with Gasteiger partial charge in [-0.25, -0.2) is 17.9 Å². The molecule has 3 atom stereocenters. The minimum Gasteiger partial charge on any atom is -0.335 e. The third-order valence-corrected chi connectivity index (χ3v) is 6.05. The summed E-state index contributed by atoms with van der Waals surface area (Å²) in [5.41, 5.74) is 0. The molecule has 1 aliphatic heterocycles. The number of rotatable bonds is 6. The smallest absolute Gasteiger partial charge is 0.320 e. The van der Waals surface area contributed by atoms with E-state index in [2.05, 4.69) is 29.6 Å². The molecule has 0 aliphatic carbocycles. The van der Waals surface area contributed by atoms with E-state index in [1.807, 2.05) is 6.92 Å². The van der Waals surface area contributed by atoms with Crippen LogP contribution in [0.3, 0.4) is 0 Å². The number of amides is 2. The summed E-state index contributed by atoms with van der Waals surface area (Å²) in [5, 5.41) is 9.85. The Morgan fingerprint density at radius 3 is 2.83 bits per heavy atom. The minimum absolute atomic E-state index is 0.0770. The Morgan fingerprint density at radius 1 is 1.48 bits per heavy atom. The quantitative estimate of drug-likeness (QED) is 0.829. The van der Waals surface area contributed by atoms with Crippen molar-refractivity contribution in [3.05, 3.63) is 12.3 Å². The van der Waals surface area contributed by atoms with Crippen molar-refractivity contribution in [2.24, 2.45) is 5.92 Å². The zero-order chi connectivity index (χ0) is 17.0. The SMILES string of the molecule is CC[C@H](C)C[C@H](C)NC(=O)Nc1ccnn1[C@@H]1CCS(=O)(=O)C1. The van der Waals surface area contributed by atoms with Gasteiger partial charge >= 0.3 is 6.03 Å². The largest absolute Gasteiger partial charge is 0.335 e. The van der Waals surface area contributed by atoms with Crippen LogP contribution < -0.4 is 10.6 Å². The van der Waals surface area contributed by atoms with Gasteiger partial charge in [0, 0.05) is 12.1 Å². The summed E-state index contributed by atoms with van der Waals surface area (Å²) < 4.78 is 24.8. The number of hydrogen-bond donors (Lipinski definition) is 2. The third kappa shape index (κ3) is 4.95. The molecular weight excluding hydrogens is 316 g/mol. The van der Waals surface area contributed by atoms with E-state index >= 15 is 0 Å². The van der Waals surface area contributed by atoms with Crippen LogP contribution in [-0.2, 0) is 9.84 Å². The predicted octanol–water partition coefficient (Wildman–Crippen LogP) is 2.19. The van der Waals surface area contributed by atoms with Crippen molar-refractivity contribution in [2.45, 2.75) is 52.1 Å². The van der Waals surface area contributed by atoms with Crippen LogP contribution in [-0.4, -0.2) is 41.8 Å². The topological polar surface area (TPSA) is 93.1 Å². The van der Waals surface area contributed by atoms with Gasteiger partial charge in [-0.2, -0.15) is 5.10 Å². The molecule has 0 unspecified atom stereocenters. The van der Waals surface area contributed by atoms with Gasteiger partial charge in [0.1, 0.15) is 5.82 Å². The first-order chi connectivity index (χ1) is 10.8. The predicted molar refractivity (Wildman–Crippen MR) is 90.2 cm³/mol. The van der Waals surface area contributed by atoms with Gasteiger partial charge in [-0.15, -0.1) is 0 Å². The maximum atomic E-state index is 12.1. The van der Waals surface area contributed by atoms with Gasteiger partial charge in [-0.1, -0.05) is 20.3 Å². The van der Waals surface area contributed by atoms with Crippen molar-refractivity contribution in [3.63, 3.8) is 0 Å². The molecule has 1 aliphatic rings. The molecule has 0 saturated carbocycles. The molecular formula is C15H26N4O3S. The van der Waals surface area contributed by atoms with E-state index in [4.69, 9.17) is 0 Å². The van der Waals surface area contributed by atoms with Gasteiger partial charge in [0.2, 0.25) is 0 Å². The molecule has 8 heteroatoms. The Hall–Kier alpha value is -1.57. The van der Waals surface area contributed by atoms with E-state index in [0.717, 1.165) is 12.8 Å². The molecule has 1 saturated heterocycles. The number of nitrogens with zero attached hydrogens (tertiary/aromatic N) is 2. The van der Waals surface area contributed by atoms with Crippen molar-refractivity contribution in [1.29, 1.82) is 0 Å². The van der Waals surface area contributed by atoms with E-state index in [0.29, 0.717) is 18.2 Å². The summed E-state index contributed by atoms with van der Waals surface area (Å²) in [6.45, 7) is 6.27. The number of carbonyl (C=O) groups excluding carboxylic acids is 1. The monoisotopic (exact) mass is 342 g/mol. The van der Waals surface area contributed by atoms with Crippen LogP contribution in [0.2, 0.25) is 0 Å². The van der Waals surface area contributed by atoms with Gasteiger partial charge in [-0.3, -0.25) is 5.32 Å². The van der Waals surface area contributed by atoms with Crippen molar-refractivity contribution >= 4 is 21.7 Å². The second-order valence-electron chi connectivity index (χ2n) is 6.47. The molecule has 7 nitrogen and oxygen atoms in total. The van der Waals surface area contributed by atoms with Crippen molar-refractivity contribution in [1.82, 2.24) is 15.1 Å². The number of anilines is 1. The number of urea groups is 1. The summed E-state index contributed by atoms with van der Waals surface area (Å²) in [6, 6.07) is 1.27. The summed E-state index contributed by atoms with van der Waals surface area (Å²) >= 11 is 0. The maximum absolute atomic E-state index is 12.1. The van der Waals surface area contributed by atoms with Gasteiger partial charge < -0.3 is 5.32 Å². The summed E-state index contributed by atoms with van der Waals surface area (Å²) in [7, 11) is -2.99. The Labute approximate surface area is 137 Å². The van der Waals surface area contributed by atoms with Gasteiger partial charge in [0.05, 0.1) is 23.7 Å². The van der Waals surface area contributed by atoms with Crippen LogP contribution in [0, 0.1) is 5.92 Å². The number of carbonyl (C=O) groups is 1. The van der Waals surface area contributed by atoms with E-state index < -0.39 is 9.84 Å². The molecule has 2 rings (SSSR count). The lowest BCUT2D eigenvalue weighted by Gasteiger charge is -2.19. The van der Waals surface area contributed by atoms with Gasteiger partial charge in [-0.05, 0) is 25.7 Å². The highest BCUT2D eigenvalue weighted by atomic mass is 32.2. The molecule has 1 fully saturated rings. The minimum atomic E-state index is -2.99. The molecule has 130 valence electrons. The normalized spacial score (nSPS) is 22.5. The van der Waals surface area contributed by atoms with Crippen LogP contribution in [0.25, 0.3) is 0 Å². The van der Waals surface area contributed by atoms with Gasteiger partial charge in [0.15, 0.2) is 9.84 Å². The molecule has 2 amide bonds. The second-order valence-corrected chi connectivity index (χ2v) is 8.70. The summed E-state index contributed by atoms with van der Waals surface area (Å²) in [5.74, 6) is 1.34. The number of nitrogens with one attached hydrogen (secondary N) is 2. The fourth-order valence-electron chi connectivity index (χ4n) is 2.88. The Bertz CT molecular complexity index is 641. The second kappa shape index (κ2) is 7.33. The zero-order valence-electron chi connectivity index (χ0n) is 13.9. The molecule has 23 heavy (non-hydrogen) atoms. The highest BCUT2D eigenvalue weighted by Crippen LogP contribution is 2.26.